The highest BCUT2D eigenvalue weighted by atomic mass is 15.1. The number of hydrogen-bond acceptors (Lipinski definition) is 6. The van der Waals surface area contributed by atoms with E-state index in [-0.39, 0.29) is 16.9 Å². The molecule has 26 heavy (non-hydrogen) atoms. The molecule has 0 aliphatic heterocycles. The number of nitrogens with one attached hydrogen (secondary N) is 2. The molecule has 6 nitrogen and oxygen atoms in total. The quantitative estimate of drug-likeness (QED) is 0.866. The van der Waals surface area contributed by atoms with Gasteiger partial charge in [0.05, 0.1) is 6.04 Å². The zero-order valence-electron chi connectivity index (χ0n) is 16.9. The van der Waals surface area contributed by atoms with Gasteiger partial charge in [0.1, 0.15) is 11.6 Å². The molecule has 2 heterocycles. The summed E-state index contributed by atoms with van der Waals surface area (Å²) in [4.78, 5) is 18.5. The molecule has 2 N–H and O–H groups in total. The second-order valence-corrected chi connectivity index (χ2v) is 9.06. The first-order chi connectivity index (χ1) is 12.1. The van der Waals surface area contributed by atoms with Crippen molar-refractivity contribution in [1.29, 1.82) is 0 Å². The van der Waals surface area contributed by atoms with E-state index in [0.29, 0.717) is 5.95 Å². The van der Waals surface area contributed by atoms with E-state index >= 15 is 0 Å². The van der Waals surface area contributed by atoms with Gasteiger partial charge >= 0.3 is 0 Å². The second-order valence-electron chi connectivity index (χ2n) is 9.06. The largest absolute Gasteiger partial charge is 0.363 e. The lowest BCUT2D eigenvalue weighted by Gasteiger charge is -2.37. The highest BCUT2D eigenvalue weighted by molar-refractivity contribution is 5.45. The molecular formula is C20H30N6. The van der Waals surface area contributed by atoms with Gasteiger partial charge in [0.15, 0.2) is 0 Å². The van der Waals surface area contributed by atoms with E-state index < -0.39 is 0 Å². The van der Waals surface area contributed by atoms with Crippen LogP contribution < -0.4 is 10.6 Å². The van der Waals surface area contributed by atoms with Crippen molar-refractivity contribution in [2.75, 3.05) is 17.7 Å². The number of nitrogens with zero attached hydrogens (tertiary/aromatic N) is 4. The third-order valence-corrected chi connectivity index (χ3v) is 4.75. The second kappa shape index (κ2) is 6.49. The number of aromatic nitrogens is 4. The van der Waals surface area contributed by atoms with Gasteiger partial charge in [-0.25, -0.2) is 15.0 Å². The standard InChI is InChI=1S/C20H30N6/c1-12-8-16(26-18(21-7)23-12)24-14-9-20(5,6)10-15-13(14)11-22-17(25-15)19(2,3)4/h8,11,14H,9-10H2,1-7H3,(H2,21,23,24,26)/t14-/m1/s1. The molecule has 0 radical (unpaired) electrons. The molecule has 0 fully saturated rings. The van der Waals surface area contributed by atoms with E-state index in [2.05, 4.69) is 60.2 Å². The van der Waals surface area contributed by atoms with Gasteiger partial charge in [-0.2, -0.15) is 4.98 Å². The Hall–Kier alpha value is -2.24. The Balaban J connectivity index is 1.97. The molecule has 0 amide bonds. The van der Waals surface area contributed by atoms with Crippen molar-refractivity contribution in [1.82, 2.24) is 19.9 Å². The average Bonchev–Trinajstić information content (AvgIpc) is 2.51. The van der Waals surface area contributed by atoms with Crippen LogP contribution in [0, 0.1) is 12.3 Å². The Morgan fingerprint density at radius 3 is 2.54 bits per heavy atom. The fourth-order valence-electron chi connectivity index (χ4n) is 3.47. The van der Waals surface area contributed by atoms with Crippen molar-refractivity contribution < 1.29 is 0 Å². The number of rotatable bonds is 3. The molecule has 0 saturated carbocycles. The lowest BCUT2D eigenvalue weighted by Crippen LogP contribution is -2.32. The average molecular weight is 355 g/mol. The van der Waals surface area contributed by atoms with Crippen LogP contribution in [0.3, 0.4) is 0 Å². The molecule has 1 atom stereocenters. The third-order valence-electron chi connectivity index (χ3n) is 4.75. The summed E-state index contributed by atoms with van der Waals surface area (Å²) in [6.45, 7) is 13.0. The predicted octanol–water partition coefficient (Wildman–Crippen LogP) is 4.04. The van der Waals surface area contributed by atoms with Crippen molar-refractivity contribution in [3.05, 3.63) is 35.0 Å². The molecule has 0 spiro atoms. The van der Waals surface area contributed by atoms with Crippen LogP contribution in [0.25, 0.3) is 0 Å². The molecule has 6 heteroatoms. The molecule has 0 aromatic carbocycles. The normalized spacial score (nSPS) is 19.0. The first-order valence-electron chi connectivity index (χ1n) is 9.24. The van der Waals surface area contributed by atoms with Gasteiger partial charge in [0.25, 0.3) is 0 Å². The van der Waals surface area contributed by atoms with Crippen molar-refractivity contribution in [2.45, 2.75) is 65.8 Å². The maximum atomic E-state index is 4.93. The molecule has 140 valence electrons. The maximum absolute atomic E-state index is 4.93. The van der Waals surface area contributed by atoms with Gasteiger partial charge in [0.2, 0.25) is 5.95 Å². The summed E-state index contributed by atoms with van der Waals surface area (Å²) in [5.41, 5.74) is 3.38. The first kappa shape index (κ1) is 18.5. The number of hydrogen-bond donors (Lipinski definition) is 2. The molecule has 1 aliphatic carbocycles. The monoisotopic (exact) mass is 354 g/mol. The van der Waals surface area contributed by atoms with Gasteiger partial charge < -0.3 is 10.6 Å². The van der Waals surface area contributed by atoms with E-state index in [4.69, 9.17) is 4.98 Å². The van der Waals surface area contributed by atoms with Crippen molar-refractivity contribution in [3.63, 3.8) is 0 Å². The van der Waals surface area contributed by atoms with Crippen molar-refractivity contribution in [2.24, 2.45) is 5.41 Å². The van der Waals surface area contributed by atoms with Crippen LogP contribution >= 0.6 is 0 Å². The summed E-state index contributed by atoms with van der Waals surface area (Å²) in [5, 5.41) is 6.61. The van der Waals surface area contributed by atoms with Crippen molar-refractivity contribution >= 4 is 11.8 Å². The third kappa shape index (κ3) is 3.94. The minimum Gasteiger partial charge on any atom is -0.363 e. The van der Waals surface area contributed by atoms with E-state index in [1.165, 1.54) is 5.56 Å². The molecule has 0 unspecified atom stereocenters. The molecule has 0 bridgehead atoms. The molecular weight excluding hydrogens is 324 g/mol. The SMILES string of the molecule is CNc1nc(C)cc(N[C@@H]2CC(C)(C)Cc3nc(C(C)(C)C)ncc32)n1. The molecule has 3 rings (SSSR count). The van der Waals surface area contributed by atoms with Crippen LogP contribution in [-0.2, 0) is 11.8 Å². The van der Waals surface area contributed by atoms with Crippen LogP contribution in [0.5, 0.6) is 0 Å². The highest BCUT2D eigenvalue weighted by Crippen LogP contribution is 2.41. The lowest BCUT2D eigenvalue weighted by atomic mass is 9.74. The van der Waals surface area contributed by atoms with E-state index in [1.54, 1.807) is 0 Å². The summed E-state index contributed by atoms with van der Waals surface area (Å²) < 4.78 is 0. The van der Waals surface area contributed by atoms with Gasteiger partial charge in [-0.15, -0.1) is 0 Å². The van der Waals surface area contributed by atoms with Crippen LogP contribution in [0.4, 0.5) is 11.8 Å². The molecule has 0 saturated heterocycles. The summed E-state index contributed by atoms with van der Waals surface area (Å²) in [6, 6.07) is 2.12. The summed E-state index contributed by atoms with van der Waals surface area (Å²) in [7, 11) is 1.83. The molecule has 2 aromatic heterocycles. The van der Waals surface area contributed by atoms with Gasteiger partial charge in [-0.3, -0.25) is 0 Å². The van der Waals surface area contributed by atoms with Crippen LogP contribution in [-0.4, -0.2) is 27.0 Å². The molecule has 1 aliphatic rings. The van der Waals surface area contributed by atoms with E-state index in [9.17, 15) is 0 Å². The summed E-state index contributed by atoms with van der Waals surface area (Å²) in [6.07, 6.45) is 3.98. The first-order valence-corrected chi connectivity index (χ1v) is 9.24. The fraction of sp³-hybridized carbons (Fsp3) is 0.600. The van der Waals surface area contributed by atoms with Crippen molar-refractivity contribution in [3.8, 4) is 0 Å². The zero-order chi connectivity index (χ0) is 19.1. The Kier molecular flexibility index (Phi) is 4.63. The van der Waals surface area contributed by atoms with Crippen LogP contribution in [0.2, 0.25) is 0 Å². The Morgan fingerprint density at radius 2 is 1.88 bits per heavy atom. The van der Waals surface area contributed by atoms with Crippen LogP contribution in [0.1, 0.15) is 69.9 Å². The smallest absolute Gasteiger partial charge is 0.224 e. The van der Waals surface area contributed by atoms with Crippen LogP contribution in [0.15, 0.2) is 12.3 Å². The number of anilines is 2. The van der Waals surface area contributed by atoms with Gasteiger partial charge in [0, 0.05) is 41.7 Å². The van der Waals surface area contributed by atoms with E-state index in [1.807, 2.05) is 26.2 Å². The van der Waals surface area contributed by atoms with Gasteiger partial charge in [-0.05, 0) is 25.2 Å². The topological polar surface area (TPSA) is 75.6 Å². The Labute approximate surface area is 156 Å². The minimum absolute atomic E-state index is 0.0506. The summed E-state index contributed by atoms with van der Waals surface area (Å²) in [5.74, 6) is 2.36. The molecule has 2 aromatic rings. The lowest BCUT2D eigenvalue weighted by molar-refractivity contribution is 0.284. The van der Waals surface area contributed by atoms with E-state index in [0.717, 1.165) is 35.9 Å². The Bertz CT molecular complexity index is 806. The highest BCUT2D eigenvalue weighted by Gasteiger charge is 2.34. The summed E-state index contributed by atoms with van der Waals surface area (Å²) >= 11 is 0. The predicted molar refractivity (Wildman–Crippen MR) is 106 cm³/mol. The Morgan fingerprint density at radius 1 is 1.15 bits per heavy atom. The zero-order valence-corrected chi connectivity index (χ0v) is 16.9. The number of aryl methyl sites for hydroxylation is 1. The fourth-order valence-corrected chi connectivity index (χ4v) is 3.47. The van der Waals surface area contributed by atoms with Gasteiger partial charge in [-0.1, -0.05) is 34.6 Å². The number of fused-ring (bicyclic) bond motifs is 1. The minimum atomic E-state index is -0.0506. The maximum Gasteiger partial charge on any atom is 0.224 e.